The second kappa shape index (κ2) is 12.8. The third-order valence-corrected chi connectivity index (χ3v) is 5.90. The molecule has 164 valence electrons. The molecule has 2 aliphatic rings. The van der Waals surface area contributed by atoms with Crippen molar-refractivity contribution in [2.45, 2.75) is 12.8 Å². The van der Waals surface area contributed by atoms with Gasteiger partial charge in [-0.05, 0) is 56.6 Å². The summed E-state index contributed by atoms with van der Waals surface area (Å²) < 4.78 is 5.82. The molecule has 1 unspecified atom stereocenters. The quantitative estimate of drug-likeness (QED) is 0.345. The van der Waals surface area contributed by atoms with Crippen LogP contribution in [0.25, 0.3) is 0 Å². The van der Waals surface area contributed by atoms with Crippen LogP contribution in [0.3, 0.4) is 0 Å². The molecule has 6 nitrogen and oxygen atoms in total. The molecule has 3 rings (SSSR count). The monoisotopic (exact) mass is 535 g/mol. The Morgan fingerprint density at radius 1 is 1.17 bits per heavy atom. The van der Waals surface area contributed by atoms with Gasteiger partial charge in [-0.1, -0.05) is 11.6 Å². The van der Waals surface area contributed by atoms with Crippen molar-refractivity contribution in [2.24, 2.45) is 10.9 Å². The minimum absolute atomic E-state index is 0. The highest BCUT2D eigenvalue weighted by Gasteiger charge is 2.21. The van der Waals surface area contributed by atoms with Gasteiger partial charge in [0, 0.05) is 57.9 Å². The minimum atomic E-state index is 0. The van der Waals surface area contributed by atoms with E-state index in [0.29, 0.717) is 6.61 Å². The van der Waals surface area contributed by atoms with E-state index in [-0.39, 0.29) is 24.0 Å². The summed E-state index contributed by atoms with van der Waals surface area (Å²) in [7, 11) is 4.11. The number of likely N-dealkylation sites (tertiary alicyclic amines) is 1. The number of hydrogen-bond donors (Lipinski definition) is 1. The van der Waals surface area contributed by atoms with Crippen molar-refractivity contribution < 1.29 is 4.74 Å². The van der Waals surface area contributed by atoms with Crippen LogP contribution in [0.1, 0.15) is 12.8 Å². The zero-order valence-corrected chi connectivity index (χ0v) is 20.7. The average molecular weight is 536 g/mol. The van der Waals surface area contributed by atoms with E-state index >= 15 is 0 Å². The van der Waals surface area contributed by atoms with Crippen molar-refractivity contribution in [3.8, 4) is 5.75 Å². The Morgan fingerprint density at radius 3 is 2.55 bits per heavy atom. The molecule has 0 saturated carbocycles. The Bertz CT molecular complexity index is 622. The van der Waals surface area contributed by atoms with Gasteiger partial charge in [-0.2, -0.15) is 0 Å². The molecule has 0 radical (unpaired) electrons. The molecule has 0 aliphatic carbocycles. The SMILES string of the molecule is CN=C(NCC1CCCN(C)C1)N1CCN(CCOc2ccc(Cl)cc2)CC1.I. The van der Waals surface area contributed by atoms with Crippen LogP contribution in [0.15, 0.2) is 29.3 Å². The van der Waals surface area contributed by atoms with Crippen LogP contribution in [0.5, 0.6) is 5.75 Å². The molecule has 1 atom stereocenters. The van der Waals surface area contributed by atoms with Crippen molar-refractivity contribution in [1.29, 1.82) is 0 Å². The van der Waals surface area contributed by atoms with Crippen LogP contribution in [0.4, 0.5) is 0 Å². The van der Waals surface area contributed by atoms with E-state index in [1.165, 1.54) is 25.9 Å². The fourth-order valence-electron chi connectivity index (χ4n) is 4.01. The summed E-state index contributed by atoms with van der Waals surface area (Å²) in [5, 5.41) is 4.35. The van der Waals surface area contributed by atoms with Crippen molar-refractivity contribution in [3.63, 3.8) is 0 Å². The lowest BCUT2D eigenvalue weighted by molar-refractivity contribution is 0.151. The maximum Gasteiger partial charge on any atom is 0.193 e. The van der Waals surface area contributed by atoms with Crippen molar-refractivity contribution >= 4 is 41.5 Å². The van der Waals surface area contributed by atoms with E-state index in [1.807, 2.05) is 31.3 Å². The van der Waals surface area contributed by atoms with Gasteiger partial charge in [0.15, 0.2) is 5.96 Å². The predicted octanol–water partition coefficient (Wildman–Crippen LogP) is 2.87. The molecule has 1 N–H and O–H groups in total. The van der Waals surface area contributed by atoms with E-state index in [1.54, 1.807) is 0 Å². The van der Waals surface area contributed by atoms with Crippen LogP contribution in [0.2, 0.25) is 5.02 Å². The molecule has 2 fully saturated rings. The number of nitrogens with zero attached hydrogens (tertiary/aromatic N) is 4. The number of guanidine groups is 1. The lowest BCUT2D eigenvalue weighted by atomic mass is 9.98. The van der Waals surface area contributed by atoms with Crippen LogP contribution >= 0.6 is 35.6 Å². The first kappa shape index (κ1) is 24.5. The van der Waals surface area contributed by atoms with Gasteiger partial charge >= 0.3 is 0 Å². The Kier molecular flexibility index (Phi) is 10.8. The molecule has 0 amide bonds. The summed E-state index contributed by atoms with van der Waals surface area (Å²) in [6.45, 7) is 9.16. The van der Waals surface area contributed by atoms with E-state index < -0.39 is 0 Å². The van der Waals surface area contributed by atoms with Crippen molar-refractivity contribution in [3.05, 3.63) is 29.3 Å². The fraction of sp³-hybridized carbons (Fsp3) is 0.667. The first-order chi connectivity index (χ1) is 13.6. The zero-order chi connectivity index (χ0) is 19.8. The highest BCUT2D eigenvalue weighted by atomic mass is 127. The Hall–Kier alpha value is -0.770. The largest absolute Gasteiger partial charge is 0.492 e. The predicted molar refractivity (Wildman–Crippen MR) is 132 cm³/mol. The number of aliphatic imine (C=N–C) groups is 1. The smallest absolute Gasteiger partial charge is 0.193 e. The number of hydrogen-bond acceptors (Lipinski definition) is 4. The second-order valence-corrected chi connectivity index (χ2v) is 8.27. The summed E-state index contributed by atoms with van der Waals surface area (Å²) in [5.74, 6) is 2.65. The summed E-state index contributed by atoms with van der Waals surface area (Å²) in [6, 6.07) is 7.55. The summed E-state index contributed by atoms with van der Waals surface area (Å²) in [6.07, 6.45) is 2.62. The first-order valence-corrected chi connectivity index (χ1v) is 10.8. The third-order valence-electron chi connectivity index (χ3n) is 5.64. The highest BCUT2D eigenvalue weighted by molar-refractivity contribution is 14.0. The Balaban J connectivity index is 0.00000300. The van der Waals surface area contributed by atoms with Gasteiger partial charge in [-0.15, -0.1) is 24.0 Å². The molecule has 1 aromatic rings. The molecule has 8 heteroatoms. The molecule has 2 heterocycles. The lowest BCUT2D eigenvalue weighted by Gasteiger charge is -2.37. The van der Waals surface area contributed by atoms with Gasteiger partial charge in [-0.3, -0.25) is 9.89 Å². The number of halogens is 2. The Labute approximate surface area is 197 Å². The molecule has 1 aromatic carbocycles. The van der Waals surface area contributed by atoms with E-state index in [4.69, 9.17) is 16.3 Å². The van der Waals surface area contributed by atoms with Gasteiger partial charge in [0.2, 0.25) is 0 Å². The van der Waals surface area contributed by atoms with E-state index in [2.05, 4.69) is 32.1 Å². The average Bonchev–Trinajstić information content (AvgIpc) is 2.71. The lowest BCUT2D eigenvalue weighted by Crippen LogP contribution is -2.54. The summed E-state index contributed by atoms with van der Waals surface area (Å²) in [4.78, 5) is 11.8. The molecule has 2 saturated heterocycles. The van der Waals surface area contributed by atoms with Gasteiger partial charge in [0.25, 0.3) is 0 Å². The first-order valence-electron chi connectivity index (χ1n) is 10.4. The standard InChI is InChI=1S/C21H34ClN5O.HI/c1-23-21(24-16-18-4-3-9-25(2)17-18)27-12-10-26(11-13-27)14-15-28-20-7-5-19(22)6-8-20;/h5-8,18H,3-4,9-17H2,1-2H3,(H,23,24);1H. The molecule has 0 bridgehead atoms. The normalized spacial score (nSPS) is 21.6. The van der Waals surface area contributed by atoms with Gasteiger partial charge < -0.3 is 19.9 Å². The summed E-state index contributed by atoms with van der Waals surface area (Å²) in [5.41, 5.74) is 0. The van der Waals surface area contributed by atoms with E-state index in [9.17, 15) is 0 Å². The second-order valence-electron chi connectivity index (χ2n) is 7.83. The molecule has 0 aromatic heterocycles. The highest BCUT2D eigenvalue weighted by Crippen LogP contribution is 2.16. The fourth-order valence-corrected chi connectivity index (χ4v) is 4.14. The topological polar surface area (TPSA) is 43.3 Å². The number of piperidine rings is 1. The van der Waals surface area contributed by atoms with Gasteiger partial charge in [0.1, 0.15) is 12.4 Å². The number of ether oxygens (including phenoxy) is 1. The van der Waals surface area contributed by atoms with E-state index in [0.717, 1.165) is 61.9 Å². The Morgan fingerprint density at radius 2 is 1.90 bits per heavy atom. The van der Waals surface area contributed by atoms with Crippen molar-refractivity contribution in [1.82, 2.24) is 20.0 Å². The number of benzene rings is 1. The maximum absolute atomic E-state index is 5.91. The molecule has 0 spiro atoms. The molecular formula is C21H35ClIN5O. The van der Waals surface area contributed by atoms with Gasteiger partial charge in [-0.25, -0.2) is 0 Å². The van der Waals surface area contributed by atoms with Crippen molar-refractivity contribution in [2.75, 3.05) is 73.1 Å². The van der Waals surface area contributed by atoms with Crippen LogP contribution in [0, 0.1) is 5.92 Å². The number of nitrogens with one attached hydrogen (secondary N) is 1. The minimum Gasteiger partial charge on any atom is -0.492 e. The molecular weight excluding hydrogens is 501 g/mol. The van der Waals surface area contributed by atoms with Crippen LogP contribution in [-0.2, 0) is 0 Å². The van der Waals surface area contributed by atoms with Crippen LogP contribution < -0.4 is 10.1 Å². The summed E-state index contributed by atoms with van der Waals surface area (Å²) >= 11 is 5.91. The van der Waals surface area contributed by atoms with Gasteiger partial charge in [0.05, 0.1) is 0 Å². The number of rotatable bonds is 6. The molecule has 29 heavy (non-hydrogen) atoms. The maximum atomic E-state index is 5.91. The third kappa shape index (κ3) is 8.11. The molecule has 2 aliphatic heterocycles. The number of piperazine rings is 1. The zero-order valence-electron chi connectivity index (χ0n) is 17.6. The van der Waals surface area contributed by atoms with Crippen LogP contribution in [-0.4, -0.2) is 93.7 Å².